The molecule has 1 unspecified atom stereocenters. The number of fused-ring (bicyclic) bond motifs is 7. The summed E-state index contributed by atoms with van der Waals surface area (Å²) in [6.45, 7) is 7.06. The molecule has 4 fully saturated rings. The molecular formula is C40H45F2NO8. The van der Waals surface area contributed by atoms with Crippen molar-refractivity contribution in [2.45, 2.75) is 102 Å². The quantitative estimate of drug-likeness (QED) is 0.289. The number of carbonyl (C=O) groups is 3. The van der Waals surface area contributed by atoms with E-state index in [0.29, 0.717) is 17.9 Å². The van der Waals surface area contributed by atoms with E-state index < -0.39 is 82.9 Å². The van der Waals surface area contributed by atoms with Crippen LogP contribution in [0.1, 0.15) is 64.0 Å². The summed E-state index contributed by atoms with van der Waals surface area (Å²) < 4.78 is 57.9. The third kappa shape index (κ3) is 5.54. The largest absolute Gasteiger partial charge is 0.486 e. The van der Waals surface area contributed by atoms with Gasteiger partial charge in [-0.2, -0.15) is 0 Å². The number of nitrogens with one attached hydrogen (secondary N) is 1. The van der Waals surface area contributed by atoms with E-state index in [2.05, 4.69) is 5.32 Å². The molecule has 272 valence electrons. The number of carbonyl (C=O) groups excluding carboxylic acids is 3. The van der Waals surface area contributed by atoms with Gasteiger partial charge in [-0.05, 0) is 93.0 Å². The zero-order valence-corrected chi connectivity index (χ0v) is 29.3. The summed E-state index contributed by atoms with van der Waals surface area (Å²) in [4.78, 5) is 39.0. The predicted molar refractivity (Wildman–Crippen MR) is 183 cm³/mol. The van der Waals surface area contributed by atoms with Gasteiger partial charge in [0.25, 0.3) is 0 Å². The molecule has 1 saturated heterocycles. The molecule has 4 aliphatic carbocycles. The second kappa shape index (κ2) is 12.9. The Hall–Kier alpha value is -3.93. The molecule has 2 aromatic rings. The topological polar surface area (TPSA) is 120 Å². The molecule has 5 aliphatic rings. The molecule has 1 amide bonds. The van der Waals surface area contributed by atoms with Gasteiger partial charge >= 0.3 is 6.09 Å². The zero-order chi connectivity index (χ0) is 36.3. The maximum Gasteiger partial charge on any atom is 0.411 e. The van der Waals surface area contributed by atoms with Crippen LogP contribution in [0.15, 0.2) is 72.3 Å². The highest BCUT2D eigenvalue weighted by Gasteiger charge is 2.80. The molecule has 51 heavy (non-hydrogen) atoms. The fraction of sp³-hybridized carbons (Fsp3) is 0.525. The van der Waals surface area contributed by atoms with Crippen LogP contribution in [0.2, 0.25) is 0 Å². The van der Waals surface area contributed by atoms with E-state index in [0.717, 1.165) is 23.6 Å². The molecule has 3 saturated carbocycles. The van der Waals surface area contributed by atoms with Crippen molar-refractivity contribution < 1.29 is 47.2 Å². The van der Waals surface area contributed by atoms with Gasteiger partial charge in [-0.3, -0.25) is 14.9 Å². The average Bonchev–Trinajstić information content (AvgIpc) is 3.58. The van der Waals surface area contributed by atoms with Crippen LogP contribution in [0.3, 0.4) is 0 Å². The molecule has 1 heterocycles. The molecule has 9 nitrogen and oxygen atoms in total. The minimum absolute atomic E-state index is 0.0460. The molecule has 7 rings (SSSR count). The average molecular weight is 706 g/mol. The predicted octanol–water partition coefficient (Wildman–Crippen LogP) is 6.90. The van der Waals surface area contributed by atoms with Crippen LogP contribution in [0.5, 0.6) is 5.75 Å². The second-order valence-electron chi connectivity index (χ2n) is 15.2. The maximum atomic E-state index is 17.7. The van der Waals surface area contributed by atoms with Crippen LogP contribution in [0.25, 0.3) is 0 Å². The maximum absolute atomic E-state index is 17.7. The van der Waals surface area contributed by atoms with Crippen molar-refractivity contribution in [1.29, 1.82) is 0 Å². The number of amides is 1. The molecule has 2 N–H and O–H groups in total. The van der Waals surface area contributed by atoms with Crippen molar-refractivity contribution >= 4 is 23.3 Å². The Morgan fingerprint density at radius 3 is 2.49 bits per heavy atom. The van der Waals surface area contributed by atoms with Crippen LogP contribution in [-0.4, -0.2) is 65.3 Å². The molecule has 11 heteroatoms. The molecule has 0 radical (unpaired) electrons. The summed E-state index contributed by atoms with van der Waals surface area (Å²) in [5, 5.41) is 14.5. The first-order valence-corrected chi connectivity index (χ1v) is 17.8. The van der Waals surface area contributed by atoms with Crippen LogP contribution >= 0.6 is 0 Å². The van der Waals surface area contributed by atoms with Gasteiger partial charge in [-0.25, -0.2) is 13.6 Å². The van der Waals surface area contributed by atoms with Gasteiger partial charge in [0.15, 0.2) is 23.3 Å². The minimum Gasteiger partial charge on any atom is -0.486 e. The van der Waals surface area contributed by atoms with E-state index in [1.54, 1.807) is 31.2 Å². The number of aryl methyl sites for hydroxylation is 1. The van der Waals surface area contributed by atoms with E-state index in [1.165, 1.54) is 12.2 Å². The van der Waals surface area contributed by atoms with Gasteiger partial charge in [0.05, 0.1) is 12.2 Å². The lowest BCUT2D eigenvalue weighted by molar-refractivity contribution is -0.234. The molecule has 0 spiro atoms. The summed E-state index contributed by atoms with van der Waals surface area (Å²) in [5.74, 6) is -1.99. The second-order valence-corrected chi connectivity index (χ2v) is 15.2. The molecule has 0 aromatic heterocycles. The minimum atomic E-state index is -2.28. The summed E-state index contributed by atoms with van der Waals surface area (Å²) >= 11 is 0. The van der Waals surface area contributed by atoms with Crippen molar-refractivity contribution in [2.24, 2.45) is 22.7 Å². The fourth-order valence-electron chi connectivity index (χ4n) is 9.76. The third-order valence-corrected chi connectivity index (χ3v) is 12.3. The monoisotopic (exact) mass is 705 g/mol. The first-order valence-electron chi connectivity index (χ1n) is 17.8. The number of ether oxygens (including phenoxy) is 4. The van der Waals surface area contributed by atoms with Gasteiger partial charge in [-0.15, -0.1) is 0 Å². The number of hydrogen-bond acceptors (Lipinski definition) is 8. The highest BCUT2D eigenvalue weighted by atomic mass is 19.1. The normalized spacial score (nSPS) is 37.8. The van der Waals surface area contributed by atoms with Crippen molar-refractivity contribution in [3.8, 4) is 5.75 Å². The van der Waals surface area contributed by atoms with Gasteiger partial charge < -0.3 is 24.1 Å². The van der Waals surface area contributed by atoms with E-state index in [1.807, 2.05) is 45.0 Å². The van der Waals surface area contributed by atoms with Crippen LogP contribution in [-0.2, 0) is 30.4 Å². The van der Waals surface area contributed by atoms with Crippen LogP contribution in [0, 0.1) is 29.6 Å². The standard InChI is InChI=1S/C40H45F2NO8/c1-5-6-35-50-34-19-28-29-18-31(41)30-17-26(44)15-16-37(30,3)39(29,42)32(45)20-38(28,4)40(34,51-35)33(46)22-48-27-13-11-25(12-14-27)43-36(47)49-21-24-9-7-23(2)8-10-24/h7-17,28-29,31-32,34-35,45H,5-6,18-22H2,1-4H3,(H,43,47)/t28-,29-,31-,32-,34+,35?,37-,38-,39-,40+/m0/s1. The molecule has 2 aromatic carbocycles. The number of halogens is 2. The number of ketones is 2. The van der Waals surface area contributed by atoms with Crippen LogP contribution in [0.4, 0.5) is 19.3 Å². The highest BCUT2D eigenvalue weighted by molar-refractivity contribution is 6.01. The van der Waals surface area contributed by atoms with E-state index >= 15 is 8.78 Å². The summed E-state index contributed by atoms with van der Waals surface area (Å²) in [6.07, 6.45) is -0.253. The molecule has 0 bridgehead atoms. The van der Waals surface area contributed by atoms with Crippen molar-refractivity contribution in [1.82, 2.24) is 0 Å². The lowest BCUT2D eigenvalue weighted by Crippen LogP contribution is -2.71. The molecule has 1 aliphatic heterocycles. The van der Waals surface area contributed by atoms with Gasteiger partial charge in [0.1, 0.15) is 25.1 Å². The van der Waals surface area contributed by atoms with E-state index in [4.69, 9.17) is 18.9 Å². The number of Topliss-reactive ketones (excluding diaryl/α,β-unsaturated/α-hetero) is 1. The van der Waals surface area contributed by atoms with Crippen molar-refractivity contribution in [2.75, 3.05) is 11.9 Å². The van der Waals surface area contributed by atoms with Gasteiger partial charge in [0.2, 0.25) is 5.78 Å². The van der Waals surface area contributed by atoms with Gasteiger partial charge in [0, 0.05) is 22.4 Å². The lowest BCUT2D eigenvalue weighted by Gasteiger charge is -2.63. The number of rotatable bonds is 9. The Morgan fingerprint density at radius 2 is 1.78 bits per heavy atom. The fourth-order valence-corrected chi connectivity index (χ4v) is 9.76. The highest BCUT2D eigenvalue weighted by Crippen LogP contribution is 2.72. The number of benzene rings is 2. The number of anilines is 1. The number of aliphatic hydroxyl groups excluding tert-OH is 1. The van der Waals surface area contributed by atoms with E-state index in [9.17, 15) is 19.5 Å². The Balaban J connectivity index is 1.08. The van der Waals surface area contributed by atoms with Crippen molar-refractivity contribution in [3.05, 3.63) is 83.5 Å². The molecular weight excluding hydrogens is 660 g/mol. The summed E-state index contributed by atoms with van der Waals surface area (Å²) in [5.41, 5.74) is -4.01. The smallest absolute Gasteiger partial charge is 0.411 e. The van der Waals surface area contributed by atoms with Crippen molar-refractivity contribution in [3.63, 3.8) is 0 Å². The number of alkyl halides is 2. The Labute approximate surface area is 296 Å². The van der Waals surface area contributed by atoms with E-state index in [-0.39, 0.29) is 31.4 Å². The Kier molecular flexibility index (Phi) is 8.99. The van der Waals surface area contributed by atoms with Gasteiger partial charge in [-0.1, -0.05) is 56.2 Å². The number of hydrogen-bond donors (Lipinski definition) is 2. The SMILES string of the molecule is CCCC1O[C@@H]2C[C@H]3[C@@H]4C[C@H](F)C5=CC(=O)C=C[C@]5(C)[C@@]4(F)[C@@H](O)C[C@]3(C)[C@]2(C(=O)COc2ccc(NC(=O)OCc3ccc(C)cc3)cc2)O1. The lowest BCUT2D eigenvalue weighted by atomic mass is 9.44. The summed E-state index contributed by atoms with van der Waals surface area (Å²) in [6, 6.07) is 14.1. The molecule has 10 atom stereocenters. The number of allylic oxidation sites excluding steroid dienone is 4. The summed E-state index contributed by atoms with van der Waals surface area (Å²) in [7, 11) is 0. The first kappa shape index (κ1) is 35.5. The zero-order valence-electron chi connectivity index (χ0n) is 29.3. The third-order valence-electron chi connectivity index (χ3n) is 12.3. The number of aliphatic hydroxyl groups is 1. The van der Waals surface area contributed by atoms with Crippen LogP contribution < -0.4 is 10.1 Å². The first-order chi connectivity index (χ1) is 24.2. The Morgan fingerprint density at radius 1 is 1.06 bits per heavy atom. The Bertz CT molecular complexity index is 1760.